The number of hydrogen-bond donors (Lipinski definition) is 2. The lowest BCUT2D eigenvalue weighted by atomic mass is 10.1. The highest BCUT2D eigenvalue weighted by atomic mass is 16.3. The van der Waals surface area contributed by atoms with E-state index >= 15 is 0 Å². The van der Waals surface area contributed by atoms with E-state index in [1.54, 1.807) is 12.3 Å². The first-order valence-corrected chi connectivity index (χ1v) is 8.55. The van der Waals surface area contributed by atoms with Crippen LogP contribution in [0.5, 0.6) is 0 Å². The van der Waals surface area contributed by atoms with E-state index < -0.39 is 0 Å². The van der Waals surface area contributed by atoms with Crippen molar-refractivity contribution >= 4 is 11.8 Å². The van der Waals surface area contributed by atoms with Gasteiger partial charge in [0.05, 0.1) is 18.8 Å². The average molecular weight is 349 g/mol. The maximum Gasteiger partial charge on any atom is 0.268 e. The first-order chi connectivity index (χ1) is 12.7. The van der Waals surface area contributed by atoms with Gasteiger partial charge in [-0.25, -0.2) is 0 Å². The summed E-state index contributed by atoms with van der Waals surface area (Å²) < 4.78 is 7.13. The Morgan fingerprint density at radius 1 is 1.19 bits per heavy atom. The average Bonchev–Trinajstić information content (AvgIpc) is 3.33. The molecule has 1 aliphatic heterocycles. The summed E-state index contributed by atoms with van der Waals surface area (Å²) in [5.41, 5.74) is 2.60. The minimum Gasteiger partial charge on any atom is -0.467 e. The fourth-order valence-electron chi connectivity index (χ4n) is 3.21. The van der Waals surface area contributed by atoms with Crippen molar-refractivity contribution in [1.29, 1.82) is 0 Å². The highest BCUT2D eigenvalue weighted by Crippen LogP contribution is 2.27. The summed E-state index contributed by atoms with van der Waals surface area (Å²) in [5.74, 6) is 0.520. The predicted molar refractivity (Wildman–Crippen MR) is 96.4 cm³/mol. The van der Waals surface area contributed by atoms with Crippen LogP contribution in [0.2, 0.25) is 0 Å². The molecule has 2 amide bonds. The molecule has 0 bridgehead atoms. The zero-order chi connectivity index (χ0) is 17.9. The van der Waals surface area contributed by atoms with Crippen LogP contribution >= 0.6 is 0 Å². The van der Waals surface area contributed by atoms with Gasteiger partial charge in [0.1, 0.15) is 11.5 Å². The molecule has 1 aliphatic rings. The Labute approximate surface area is 150 Å². The molecule has 0 spiro atoms. The van der Waals surface area contributed by atoms with E-state index in [0.29, 0.717) is 24.5 Å². The van der Waals surface area contributed by atoms with Crippen LogP contribution in [0.3, 0.4) is 0 Å². The monoisotopic (exact) mass is 349 g/mol. The number of furan rings is 1. The normalized spacial score (nSPS) is 16.0. The number of hydrogen-bond acceptors (Lipinski definition) is 3. The second kappa shape index (κ2) is 6.92. The standard InChI is InChI=1S/C20H19N3O3/c24-19(21-12-17-7-4-8-26-17)10-16-11-22-20(25)18-9-15(13-23(16)18)14-5-2-1-3-6-14/h1-9,13,16H,10-12H2,(H,21,24)(H,22,25). The van der Waals surface area contributed by atoms with Gasteiger partial charge in [0.15, 0.2) is 0 Å². The van der Waals surface area contributed by atoms with Gasteiger partial charge in [-0.05, 0) is 23.8 Å². The number of nitrogens with one attached hydrogen (secondary N) is 2. The Morgan fingerprint density at radius 3 is 2.81 bits per heavy atom. The molecule has 26 heavy (non-hydrogen) atoms. The van der Waals surface area contributed by atoms with Crippen molar-refractivity contribution < 1.29 is 14.0 Å². The minimum absolute atomic E-state index is 0.0801. The highest BCUT2D eigenvalue weighted by molar-refractivity contribution is 5.95. The molecule has 0 aliphatic carbocycles. The Kier molecular flexibility index (Phi) is 4.31. The molecule has 2 aromatic heterocycles. The van der Waals surface area contributed by atoms with Gasteiger partial charge < -0.3 is 19.6 Å². The Morgan fingerprint density at radius 2 is 2.04 bits per heavy atom. The first kappa shape index (κ1) is 16.2. The van der Waals surface area contributed by atoms with Crippen LogP contribution < -0.4 is 10.6 Å². The van der Waals surface area contributed by atoms with Crippen LogP contribution in [0.25, 0.3) is 11.1 Å². The zero-order valence-corrected chi connectivity index (χ0v) is 14.1. The van der Waals surface area contributed by atoms with Crippen molar-refractivity contribution in [2.45, 2.75) is 19.0 Å². The maximum atomic E-state index is 12.3. The van der Waals surface area contributed by atoms with Gasteiger partial charge in [-0.3, -0.25) is 9.59 Å². The van der Waals surface area contributed by atoms with Crippen molar-refractivity contribution in [3.05, 3.63) is 72.4 Å². The fraction of sp³-hybridized carbons (Fsp3) is 0.200. The molecular weight excluding hydrogens is 330 g/mol. The number of rotatable bonds is 5. The molecule has 132 valence electrons. The largest absolute Gasteiger partial charge is 0.467 e. The number of carbonyl (C=O) groups is 2. The molecule has 3 aromatic rings. The van der Waals surface area contributed by atoms with Gasteiger partial charge in [-0.1, -0.05) is 30.3 Å². The van der Waals surface area contributed by atoms with Crippen molar-refractivity contribution in [3.8, 4) is 11.1 Å². The smallest absolute Gasteiger partial charge is 0.268 e. The quantitative estimate of drug-likeness (QED) is 0.744. The summed E-state index contributed by atoms with van der Waals surface area (Å²) in [6.07, 6.45) is 3.82. The third-order valence-corrected chi connectivity index (χ3v) is 4.54. The lowest BCUT2D eigenvalue weighted by Crippen LogP contribution is -2.40. The zero-order valence-electron chi connectivity index (χ0n) is 14.1. The number of amides is 2. The fourth-order valence-corrected chi connectivity index (χ4v) is 3.21. The Bertz CT molecular complexity index is 913. The molecule has 0 saturated carbocycles. The lowest BCUT2D eigenvalue weighted by Gasteiger charge is -2.26. The molecule has 1 unspecified atom stereocenters. The molecule has 0 radical (unpaired) electrons. The van der Waals surface area contributed by atoms with Crippen molar-refractivity contribution in [1.82, 2.24) is 15.2 Å². The Balaban J connectivity index is 1.50. The predicted octanol–water partition coefficient (Wildman–Crippen LogP) is 2.74. The van der Waals surface area contributed by atoms with E-state index in [4.69, 9.17) is 4.42 Å². The first-order valence-electron chi connectivity index (χ1n) is 8.55. The summed E-state index contributed by atoms with van der Waals surface area (Å²) in [4.78, 5) is 24.5. The number of fused-ring (bicyclic) bond motifs is 1. The summed E-state index contributed by atoms with van der Waals surface area (Å²) in [6.45, 7) is 0.793. The summed E-state index contributed by atoms with van der Waals surface area (Å²) in [7, 11) is 0. The van der Waals surface area contributed by atoms with Gasteiger partial charge >= 0.3 is 0 Å². The van der Waals surface area contributed by atoms with Crippen LogP contribution in [0.1, 0.15) is 28.7 Å². The molecule has 3 heterocycles. The number of aromatic nitrogens is 1. The molecular formula is C20H19N3O3. The van der Waals surface area contributed by atoms with Crippen LogP contribution in [0.4, 0.5) is 0 Å². The van der Waals surface area contributed by atoms with Gasteiger partial charge in [0, 0.05) is 24.7 Å². The van der Waals surface area contributed by atoms with Gasteiger partial charge in [-0.15, -0.1) is 0 Å². The topological polar surface area (TPSA) is 76.3 Å². The summed E-state index contributed by atoms with van der Waals surface area (Å²) in [6, 6.07) is 15.3. The van der Waals surface area contributed by atoms with Crippen molar-refractivity contribution in [2.75, 3.05) is 6.54 Å². The molecule has 4 rings (SSSR count). The third-order valence-electron chi connectivity index (χ3n) is 4.54. The molecule has 6 heteroatoms. The molecule has 0 saturated heterocycles. The van der Waals surface area contributed by atoms with Crippen molar-refractivity contribution in [3.63, 3.8) is 0 Å². The van der Waals surface area contributed by atoms with Gasteiger partial charge in [-0.2, -0.15) is 0 Å². The van der Waals surface area contributed by atoms with E-state index in [0.717, 1.165) is 11.1 Å². The molecule has 0 fully saturated rings. The minimum atomic E-state index is -0.114. The molecule has 2 N–H and O–H groups in total. The molecule has 1 aromatic carbocycles. The lowest BCUT2D eigenvalue weighted by molar-refractivity contribution is -0.122. The van der Waals surface area contributed by atoms with E-state index in [1.807, 2.05) is 53.2 Å². The number of benzene rings is 1. The molecule has 1 atom stereocenters. The van der Waals surface area contributed by atoms with Crippen molar-refractivity contribution in [2.24, 2.45) is 0 Å². The summed E-state index contributed by atoms with van der Waals surface area (Å²) >= 11 is 0. The molecule has 6 nitrogen and oxygen atoms in total. The van der Waals surface area contributed by atoms with Gasteiger partial charge in [0.25, 0.3) is 5.91 Å². The Hall–Kier alpha value is -3.28. The number of carbonyl (C=O) groups excluding carboxylic acids is 2. The van der Waals surface area contributed by atoms with E-state index in [9.17, 15) is 9.59 Å². The maximum absolute atomic E-state index is 12.3. The van der Waals surface area contributed by atoms with Crippen LogP contribution in [0, 0.1) is 0 Å². The third kappa shape index (κ3) is 3.26. The van der Waals surface area contributed by atoms with Crippen LogP contribution in [-0.4, -0.2) is 22.9 Å². The summed E-state index contributed by atoms with van der Waals surface area (Å²) in [5, 5.41) is 5.72. The van der Waals surface area contributed by atoms with Crippen LogP contribution in [0.15, 0.2) is 65.4 Å². The number of nitrogens with zero attached hydrogens (tertiary/aromatic N) is 1. The highest BCUT2D eigenvalue weighted by Gasteiger charge is 2.27. The second-order valence-electron chi connectivity index (χ2n) is 6.31. The van der Waals surface area contributed by atoms with Gasteiger partial charge in [0.2, 0.25) is 5.91 Å². The van der Waals surface area contributed by atoms with Crippen LogP contribution in [-0.2, 0) is 11.3 Å². The SMILES string of the molecule is O=C(CC1CNC(=O)c2cc(-c3ccccc3)cn21)NCc1ccco1. The second-order valence-corrected chi connectivity index (χ2v) is 6.31. The van der Waals surface area contributed by atoms with E-state index in [2.05, 4.69) is 10.6 Å². The van der Waals surface area contributed by atoms with E-state index in [1.165, 1.54) is 0 Å². The van der Waals surface area contributed by atoms with E-state index in [-0.39, 0.29) is 24.3 Å².